The molecule has 1 unspecified atom stereocenters. The molecule has 3 heterocycles. The molecule has 0 spiro atoms. The van der Waals surface area contributed by atoms with E-state index in [-0.39, 0.29) is 19.0 Å². The van der Waals surface area contributed by atoms with Crippen molar-refractivity contribution in [3.05, 3.63) is 70.9 Å². The fraction of sp³-hybridized carbons (Fsp3) is 0.259. The Morgan fingerprint density at radius 2 is 2.03 bits per heavy atom. The molecule has 2 aromatic carbocycles. The number of hydrogen-bond donors (Lipinski definition) is 0. The standard InChI is InChI=1S/C27H24N4O6/c1-33-22-8-6-18-14-31(27-30-20-7-4-16(12-28)10-23(20)37-27)21(26(32)35-3)11-19(18)25(22)36-15-17-5-9-24(34-2)29-13-17/h4-10,13,21H,11,14-15H2,1-3H3. The predicted molar refractivity (Wildman–Crippen MR) is 133 cm³/mol. The number of carbonyl (C=O) groups is 1. The van der Waals surface area contributed by atoms with E-state index >= 15 is 0 Å². The van der Waals surface area contributed by atoms with Crippen molar-refractivity contribution in [2.24, 2.45) is 0 Å². The summed E-state index contributed by atoms with van der Waals surface area (Å²) < 4.78 is 28.0. The molecular formula is C27H24N4O6. The number of hydrogen-bond acceptors (Lipinski definition) is 10. The summed E-state index contributed by atoms with van der Waals surface area (Å²) in [4.78, 5) is 23.5. The van der Waals surface area contributed by atoms with Gasteiger partial charge in [0, 0.05) is 42.4 Å². The molecular weight excluding hydrogens is 476 g/mol. The van der Waals surface area contributed by atoms with Crippen LogP contribution in [0.5, 0.6) is 17.4 Å². The number of anilines is 1. The number of esters is 1. The van der Waals surface area contributed by atoms with Crippen LogP contribution in [0.25, 0.3) is 11.1 Å². The van der Waals surface area contributed by atoms with E-state index in [1.54, 1.807) is 49.6 Å². The Balaban J connectivity index is 1.50. The largest absolute Gasteiger partial charge is 0.493 e. The lowest BCUT2D eigenvalue weighted by molar-refractivity contribution is -0.142. The molecule has 188 valence electrons. The number of aromatic nitrogens is 2. The van der Waals surface area contributed by atoms with Gasteiger partial charge in [-0.1, -0.05) is 6.07 Å². The van der Waals surface area contributed by atoms with Crippen LogP contribution in [-0.2, 0) is 29.1 Å². The first kappa shape index (κ1) is 23.9. The highest BCUT2D eigenvalue weighted by molar-refractivity contribution is 5.82. The van der Waals surface area contributed by atoms with Crippen LogP contribution >= 0.6 is 0 Å². The molecule has 4 aromatic rings. The Hall–Kier alpha value is -4.78. The van der Waals surface area contributed by atoms with Gasteiger partial charge < -0.3 is 28.3 Å². The van der Waals surface area contributed by atoms with Crippen LogP contribution in [0.15, 0.2) is 53.1 Å². The Morgan fingerprint density at radius 3 is 2.73 bits per heavy atom. The summed E-state index contributed by atoms with van der Waals surface area (Å²) in [6.07, 6.45) is 1.97. The lowest BCUT2D eigenvalue weighted by atomic mass is 9.92. The van der Waals surface area contributed by atoms with Gasteiger partial charge in [0.05, 0.1) is 33.0 Å². The third-order valence-electron chi connectivity index (χ3n) is 6.27. The van der Waals surface area contributed by atoms with Gasteiger partial charge in [-0.3, -0.25) is 0 Å². The van der Waals surface area contributed by atoms with Gasteiger partial charge in [0.15, 0.2) is 17.1 Å². The zero-order valence-electron chi connectivity index (χ0n) is 20.6. The minimum Gasteiger partial charge on any atom is -0.493 e. The van der Waals surface area contributed by atoms with Crippen molar-refractivity contribution in [1.82, 2.24) is 9.97 Å². The van der Waals surface area contributed by atoms with Crippen LogP contribution in [-0.4, -0.2) is 43.3 Å². The molecule has 0 aliphatic carbocycles. The molecule has 0 saturated carbocycles. The molecule has 1 aliphatic rings. The normalized spacial score (nSPS) is 14.5. The van der Waals surface area contributed by atoms with Crippen molar-refractivity contribution in [3.63, 3.8) is 0 Å². The number of nitriles is 1. The molecule has 0 bridgehead atoms. The third kappa shape index (κ3) is 4.59. The second-order valence-electron chi connectivity index (χ2n) is 8.39. The van der Waals surface area contributed by atoms with Crippen molar-refractivity contribution in [3.8, 4) is 23.4 Å². The molecule has 2 aromatic heterocycles. The monoisotopic (exact) mass is 500 g/mol. The van der Waals surface area contributed by atoms with Crippen LogP contribution in [0.1, 0.15) is 22.3 Å². The summed E-state index contributed by atoms with van der Waals surface area (Å²) >= 11 is 0. The van der Waals surface area contributed by atoms with E-state index in [4.69, 9.17) is 23.4 Å². The summed E-state index contributed by atoms with van der Waals surface area (Å²) in [6.45, 7) is 0.584. The summed E-state index contributed by atoms with van der Waals surface area (Å²) in [5, 5.41) is 9.20. The zero-order valence-corrected chi connectivity index (χ0v) is 20.6. The van der Waals surface area contributed by atoms with Crippen LogP contribution in [0.4, 0.5) is 6.01 Å². The SMILES string of the molecule is COC(=O)C1Cc2c(ccc(OC)c2OCc2ccc(OC)nc2)CN1c1nc2ccc(C#N)cc2o1. The Bertz CT molecular complexity index is 1490. The van der Waals surface area contributed by atoms with Gasteiger partial charge in [-0.15, -0.1) is 0 Å². The Morgan fingerprint density at radius 1 is 1.16 bits per heavy atom. The molecule has 37 heavy (non-hydrogen) atoms. The predicted octanol–water partition coefficient (Wildman–Crippen LogP) is 3.79. The fourth-order valence-electron chi connectivity index (χ4n) is 4.36. The second kappa shape index (κ2) is 10.1. The maximum atomic E-state index is 12.9. The number of oxazole rings is 1. The highest BCUT2D eigenvalue weighted by Gasteiger charge is 2.37. The van der Waals surface area contributed by atoms with E-state index in [1.165, 1.54) is 7.11 Å². The minimum absolute atomic E-state index is 0.253. The topological polar surface area (TPSA) is 120 Å². The molecule has 1 atom stereocenters. The number of benzene rings is 2. The van der Waals surface area contributed by atoms with E-state index in [0.717, 1.165) is 16.7 Å². The number of ether oxygens (including phenoxy) is 4. The van der Waals surface area contributed by atoms with E-state index in [2.05, 4.69) is 16.0 Å². The van der Waals surface area contributed by atoms with E-state index in [1.807, 2.05) is 18.2 Å². The van der Waals surface area contributed by atoms with Crippen LogP contribution in [0.3, 0.4) is 0 Å². The molecule has 0 fully saturated rings. The molecule has 0 N–H and O–H groups in total. The molecule has 0 saturated heterocycles. The Kier molecular flexibility index (Phi) is 6.51. The smallest absolute Gasteiger partial charge is 0.329 e. The molecule has 0 amide bonds. The van der Waals surface area contributed by atoms with Crippen LogP contribution in [0.2, 0.25) is 0 Å². The number of carbonyl (C=O) groups excluding carboxylic acids is 1. The average Bonchev–Trinajstić information content (AvgIpc) is 3.38. The summed E-state index contributed by atoms with van der Waals surface area (Å²) in [6, 6.07) is 14.1. The minimum atomic E-state index is -0.710. The van der Waals surface area contributed by atoms with Gasteiger partial charge in [-0.25, -0.2) is 9.78 Å². The molecule has 0 radical (unpaired) electrons. The van der Waals surface area contributed by atoms with Crippen molar-refractivity contribution in [2.75, 3.05) is 26.2 Å². The van der Waals surface area contributed by atoms with Gasteiger partial charge in [-0.2, -0.15) is 10.2 Å². The van der Waals surface area contributed by atoms with Gasteiger partial charge in [-0.05, 0) is 29.8 Å². The lowest BCUT2D eigenvalue weighted by Gasteiger charge is -2.35. The highest BCUT2D eigenvalue weighted by Crippen LogP contribution is 2.40. The first-order valence-electron chi connectivity index (χ1n) is 11.5. The average molecular weight is 501 g/mol. The number of methoxy groups -OCH3 is 3. The number of rotatable bonds is 7. The number of fused-ring (bicyclic) bond motifs is 2. The zero-order chi connectivity index (χ0) is 25.9. The second-order valence-corrected chi connectivity index (χ2v) is 8.39. The number of pyridine rings is 1. The molecule has 1 aliphatic heterocycles. The maximum Gasteiger partial charge on any atom is 0.329 e. The molecule has 10 nitrogen and oxygen atoms in total. The van der Waals surface area contributed by atoms with Crippen molar-refractivity contribution in [1.29, 1.82) is 5.26 Å². The van der Waals surface area contributed by atoms with Gasteiger partial charge in [0.2, 0.25) is 5.88 Å². The first-order valence-corrected chi connectivity index (χ1v) is 11.5. The van der Waals surface area contributed by atoms with Crippen molar-refractivity contribution < 1.29 is 28.2 Å². The first-order chi connectivity index (χ1) is 18.0. The van der Waals surface area contributed by atoms with E-state index in [9.17, 15) is 10.1 Å². The third-order valence-corrected chi connectivity index (χ3v) is 6.27. The van der Waals surface area contributed by atoms with E-state index in [0.29, 0.717) is 40.6 Å². The van der Waals surface area contributed by atoms with E-state index < -0.39 is 12.0 Å². The van der Waals surface area contributed by atoms with Gasteiger partial charge in [0.25, 0.3) is 6.01 Å². The van der Waals surface area contributed by atoms with Crippen molar-refractivity contribution in [2.45, 2.75) is 25.6 Å². The fourth-order valence-corrected chi connectivity index (χ4v) is 4.36. The van der Waals surface area contributed by atoms with Crippen molar-refractivity contribution >= 4 is 23.1 Å². The molecule has 10 heteroatoms. The maximum absolute atomic E-state index is 12.9. The van der Waals surface area contributed by atoms with Gasteiger partial charge in [0.1, 0.15) is 18.2 Å². The van der Waals surface area contributed by atoms with Crippen LogP contribution < -0.4 is 19.1 Å². The van der Waals surface area contributed by atoms with Crippen LogP contribution in [0, 0.1) is 11.3 Å². The summed E-state index contributed by atoms with van der Waals surface area (Å²) in [5.41, 5.74) is 4.15. The summed E-state index contributed by atoms with van der Waals surface area (Å²) in [7, 11) is 4.48. The lowest BCUT2D eigenvalue weighted by Crippen LogP contribution is -2.46. The highest BCUT2D eigenvalue weighted by atomic mass is 16.5. The number of nitrogens with zero attached hydrogens (tertiary/aromatic N) is 4. The Labute approximate surface area is 213 Å². The van der Waals surface area contributed by atoms with Gasteiger partial charge >= 0.3 is 5.97 Å². The summed E-state index contributed by atoms with van der Waals surface area (Å²) in [5.74, 6) is 1.20. The quantitative estimate of drug-likeness (QED) is 0.347. The molecule has 5 rings (SSSR count).